The molecule has 0 bridgehead atoms. The molecular formula is C13H16O3. The number of aliphatic carboxylic acids is 1. The van der Waals surface area contributed by atoms with E-state index in [1.165, 1.54) is 0 Å². The quantitative estimate of drug-likeness (QED) is 0.821. The molecule has 3 heteroatoms. The number of aliphatic hydroxyl groups is 1. The van der Waals surface area contributed by atoms with E-state index >= 15 is 0 Å². The van der Waals surface area contributed by atoms with E-state index in [0.29, 0.717) is 12.8 Å². The third-order valence-corrected chi connectivity index (χ3v) is 3.68. The standard InChI is InChI=1S/C13H16O3/c1-9-5-2-3-6-10(9)11(14)13(12(15)16)7-4-8-13/h2-3,5-6,11,14H,4,7-8H2,1H3,(H,15,16). The molecule has 0 amide bonds. The Morgan fingerprint density at radius 2 is 2.00 bits per heavy atom. The summed E-state index contributed by atoms with van der Waals surface area (Å²) in [6.07, 6.45) is 1.13. The molecule has 3 nitrogen and oxygen atoms in total. The van der Waals surface area contributed by atoms with E-state index < -0.39 is 17.5 Å². The van der Waals surface area contributed by atoms with Crippen LogP contribution in [0.15, 0.2) is 24.3 Å². The fourth-order valence-corrected chi connectivity index (χ4v) is 2.35. The first-order chi connectivity index (χ1) is 7.58. The van der Waals surface area contributed by atoms with Gasteiger partial charge in [-0.15, -0.1) is 0 Å². The molecule has 2 rings (SSSR count). The van der Waals surface area contributed by atoms with Crippen LogP contribution >= 0.6 is 0 Å². The molecule has 1 fully saturated rings. The molecule has 1 aliphatic carbocycles. The van der Waals surface area contributed by atoms with E-state index in [2.05, 4.69) is 0 Å². The predicted octanol–water partition coefficient (Wildman–Crippen LogP) is 2.28. The van der Waals surface area contributed by atoms with Gasteiger partial charge in [0.25, 0.3) is 0 Å². The number of aliphatic hydroxyl groups excluding tert-OH is 1. The second-order valence-corrected chi connectivity index (χ2v) is 4.57. The molecule has 1 aromatic rings. The van der Waals surface area contributed by atoms with Gasteiger partial charge in [0.15, 0.2) is 0 Å². The van der Waals surface area contributed by atoms with Gasteiger partial charge in [-0.1, -0.05) is 30.7 Å². The first kappa shape index (κ1) is 11.1. The number of benzene rings is 1. The first-order valence-corrected chi connectivity index (χ1v) is 5.55. The largest absolute Gasteiger partial charge is 0.481 e. The van der Waals surface area contributed by atoms with E-state index in [4.69, 9.17) is 0 Å². The number of carboxylic acid groups (broad SMARTS) is 1. The van der Waals surface area contributed by atoms with Crippen molar-refractivity contribution in [2.45, 2.75) is 32.3 Å². The van der Waals surface area contributed by atoms with Crippen LogP contribution in [0.1, 0.15) is 36.5 Å². The van der Waals surface area contributed by atoms with Gasteiger partial charge in [-0.25, -0.2) is 0 Å². The lowest BCUT2D eigenvalue weighted by atomic mass is 9.63. The van der Waals surface area contributed by atoms with Crippen molar-refractivity contribution in [3.63, 3.8) is 0 Å². The maximum Gasteiger partial charge on any atom is 0.312 e. The zero-order valence-corrected chi connectivity index (χ0v) is 9.31. The maximum atomic E-state index is 11.3. The van der Waals surface area contributed by atoms with Gasteiger partial charge < -0.3 is 10.2 Å². The van der Waals surface area contributed by atoms with E-state index in [1.807, 2.05) is 31.2 Å². The van der Waals surface area contributed by atoms with Crippen LogP contribution in [0.4, 0.5) is 0 Å². The van der Waals surface area contributed by atoms with Crippen molar-refractivity contribution in [1.29, 1.82) is 0 Å². The molecule has 0 aliphatic heterocycles. The SMILES string of the molecule is Cc1ccccc1C(O)C1(C(=O)O)CCC1. The first-order valence-electron chi connectivity index (χ1n) is 5.55. The highest BCUT2D eigenvalue weighted by atomic mass is 16.4. The normalized spacial score (nSPS) is 19.9. The van der Waals surface area contributed by atoms with Crippen LogP contribution in [0, 0.1) is 12.3 Å². The van der Waals surface area contributed by atoms with E-state index in [0.717, 1.165) is 17.5 Å². The van der Waals surface area contributed by atoms with Crippen LogP contribution in [0.5, 0.6) is 0 Å². The summed E-state index contributed by atoms with van der Waals surface area (Å²) in [6.45, 7) is 1.90. The molecule has 1 aromatic carbocycles. The van der Waals surface area contributed by atoms with Gasteiger partial charge in [0.05, 0.1) is 11.5 Å². The van der Waals surface area contributed by atoms with Crippen LogP contribution in [0.2, 0.25) is 0 Å². The second kappa shape index (κ2) is 3.91. The molecule has 0 spiro atoms. The number of aryl methyl sites for hydroxylation is 1. The Bertz CT molecular complexity index is 407. The Labute approximate surface area is 94.7 Å². The van der Waals surface area contributed by atoms with Crippen molar-refractivity contribution in [3.05, 3.63) is 35.4 Å². The highest BCUT2D eigenvalue weighted by Gasteiger charge is 2.51. The van der Waals surface area contributed by atoms with Crippen molar-refractivity contribution in [3.8, 4) is 0 Å². The van der Waals surface area contributed by atoms with Crippen LogP contribution in [0.25, 0.3) is 0 Å². The number of hydrogen-bond donors (Lipinski definition) is 2. The number of rotatable bonds is 3. The topological polar surface area (TPSA) is 57.5 Å². The third-order valence-electron chi connectivity index (χ3n) is 3.68. The fraction of sp³-hybridized carbons (Fsp3) is 0.462. The minimum absolute atomic E-state index is 0.567. The van der Waals surface area contributed by atoms with Crippen LogP contribution in [0.3, 0.4) is 0 Å². The molecule has 2 N–H and O–H groups in total. The lowest BCUT2D eigenvalue weighted by molar-refractivity contribution is -0.166. The Morgan fingerprint density at radius 3 is 2.44 bits per heavy atom. The van der Waals surface area contributed by atoms with Crippen LogP contribution < -0.4 is 0 Å². The maximum absolute atomic E-state index is 11.3. The highest BCUT2D eigenvalue weighted by molar-refractivity contribution is 5.77. The Morgan fingerprint density at radius 1 is 1.38 bits per heavy atom. The summed E-state index contributed by atoms with van der Waals surface area (Å²) in [5.74, 6) is -0.880. The number of carboxylic acids is 1. The monoisotopic (exact) mass is 220 g/mol. The zero-order chi connectivity index (χ0) is 11.8. The van der Waals surface area contributed by atoms with Crippen molar-refractivity contribution in [2.24, 2.45) is 5.41 Å². The smallest absolute Gasteiger partial charge is 0.312 e. The van der Waals surface area contributed by atoms with Gasteiger partial charge in [0, 0.05) is 0 Å². The van der Waals surface area contributed by atoms with Gasteiger partial charge in [0.1, 0.15) is 0 Å². The summed E-state index contributed by atoms with van der Waals surface area (Å²) in [5.41, 5.74) is 0.735. The summed E-state index contributed by atoms with van der Waals surface area (Å²) >= 11 is 0. The van der Waals surface area contributed by atoms with Crippen molar-refractivity contribution in [1.82, 2.24) is 0 Å². The van der Waals surface area contributed by atoms with E-state index in [9.17, 15) is 15.0 Å². The lowest BCUT2D eigenvalue weighted by Gasteiger charge is -2.42. The third kappa shape index (κ3) is 1.52. The Kier molecular flexibility index (Phi) is 2.72. The van der Waals surface area contributed by atoms with Gasteiger partial charge in [0.2, 0.25) is 0 Å². The molecule has 1 unspecified atom stereocenters. The van der Waals surface area contributed by atoms with E-state index in [-0.39, 0.29) is 0 Å². The summed E-state index contributed by atoms with van der Waals surface area (Å²) in [6, 6.07) is 7.43. The second-order valence-electron chi connectivity index (χ2n) is 4.57. The summed E-state index contributed by atoms with van der Waals surface area (Å²) < 4.78 is 0. The van der Waals surface area contributed by atoms with Gasteiger partial charge in [-0.05, 0) is 30.9 Å². The Balaban J connectivity index is 2.35. The molecule has 0 radical (unpaired) electrons. The molecule has 1 atom stereocenters. The van der Waals surface area contributed by atoms with Gasteiger partial charge in [-0.2, -0.15) is 0 Å². The Hall–Kier alpha value is -1.35. The average Bonchev–Trinajstić information content (AvgIpc) is 2.15. The number of hydrogen-bond acceptors (Lipinski definition) is 2. The zero-order valence-electron chi connectivity index (χ0n) is 9.31. The number of carbonyl (C=O) groups is 1. The lowest BCUT2D eigenvalue weighted by Crippen LogP contribution is -2.43. The molecule has 1 aliphatic rings. The summed E-state index contributed by atoms with van der Waals surface area (Å²) in [5, 5.41) is 19.5. The van der Waals surface area contributed by atoms with Gasteiger partial charge >= 0.3 is 5.97 Å². The van der Waals surface area contributed by atoms with Crippen molar-refractivity contribution >= 4 is 5.97 Å². The fourth-order valence-electron chi connectivity index (χ4n) is 2.35. The molecular weight excluding hydrogens is 204 g/mol. The highest BCUT2D eigenvalue weighted by Crippen LogP contribution is 2.50. The minimum Gasteiger partial charge on any atom is -0.481 e. The summed E-state index contributed by atoms with van der Waals surface area (Å²) in [4.78, 5) is 11.3. The average molecular weight is 220 g/mol. The molecule has 16 heavy (non-hydrogen) atoms. The molecule has 1 saturated carbocycles. The van der Waals surface area contributed by atoms with Crippen molar-refractivity contribution in [2.75, 3.05) is 0 Å². The van der Waals surface area contributed by atoms with Crippen LogP contribution in [-0.4, -0.2) is 16.2 Å². The molecule has 0 heterocycles. The predicted molar refractivity (Wildman–Crippen MR) is 60.1 cm³/mol. The molecule has 0 aromatic heterocycles. The summed E-state index contributed by atoms with van der Waals surface area (Å²) in [7, 11) is 0. The van der Waals surface area contributed by atoms with Gasteiger partial charge in [-0.3, -0.25) is 4.79 Å². The minimum atomic E-state index is -0.952. The molecule has 0 saturated heterocycles. The van der Waals surface area contributed by atoms with Crippen LogP contribution in [-0.2, 0) is 4.79 Å². The molecule has 86 valence electrons. The van der Waals surface area contributed by atoms with Crippen molar-refractivity contribution < 1.29 is 15.0 Å². The van der Waals surface area contributed by atoms with E-state index in [1.54, 1.807) is 0 Å².